The van der Waals surface area contributed by atoms with Gasteiger partial charge in [0.1, 0.15) is 0 Å². The first-order valence-electron chi connectivity index (χ1n) is 8.42. The molecule has 134 valence electrons. The summed E-state index contributed by atoms with van der Waals surface area (Å²) in [5, 5.41) is 11.2. The van der Waals surface area contributed by atoms with Crippen LogP contribution in [0.3, 0.4) is 0 Å². The van der Waals surface area contributed by atoms with E-state index in [0.29, 0.717) is 47.3 Å². The molecule has 0 saturated heterocycles. The molecule has 2 aromatic rings. The van der Waals surface area contributed by atoms with Crippen LogP contribution in [0, 0.1) is 17.0 Å². The average Bonchev–Trinajstić information content (AvgIpc) is 2.61. The number of carbonyl (C=O) groups is 2. The summed E-state index contributed by atoms with van der Waals surface area (Å²) < 4.78 is 5.15. The molecule has 3 rings (SSSR count). The smallest absolute Gasteiger partial charge is 0.340 e. The van der Waals surface area contributed by atoms with Gasteiger partial charge in [-0.2, -0.15) is 0 Å². The van der Waals surface area contributed by atoms with Crippen LogP contribution in [-0.4, -0.2) is 28.3 Å². The van der Waals surface area contributed by atoms with E-state index in [1.807, 2.05) is 0 Å². The molecule has 0 spiro atoms. The van der Waals surface area contributed by atoms with Crippen LogP contribution in [0.25, 0.3) is 11.1 Å². The number of hydrogen-bond donors (Lipinski definition) is 0. The van der Waals surface area contributed by atoms with Crippen molar-refractivity contribution < 1.29 is 19.2 Å². The lowest BCUT2D eigenvalue weighted by molar-refractivity contribution is -0.384. The van der Waals surface area contributed by atoms with Crippen molar-refractivity contribution in [3.63, 3.8) is 0 Å². The van der Waals surface area contributed by atoms with Crippen LogP contribution in [0.1, 0.15) is 51.9 Å². The van der Waals surface area contributed by atoms with Crippen molar-refractivity contribution in [2.24, 2.45) is 0 Å². The minimum absolute atomic E-state index is 0.106. The molecule has 1 aromatic carbocycles. The highest BCUT2D eigenvalue weighted by molar-refractivity contribution is 6.10. The molecule has 0 bridgehead atoms. The number of ketones is 1. The number of nitrogens with zero attached hydrogens (tertiary/aromatic N) is 2. The lowest BCUT2D eigenvalue weighted by Gasteiger charge is -2.21. The summed E-state index contributed by atoms with van der Waals surface area (Å²) in [6.07, 6.45) is 1.69. The zero-order valence-electron chi connectivity index (χ0n) is 14.6. The van der Waals surface area contributed by atoms with E-state index in [0.717, 1.165) is 0 Å². The number of carbonyl (C=O) groups excluding carboxylic acids is 2. The molecule has 0 saturated carbocycles. The fourth-order valence-corrected chi connectivity index (χ4v) is 3.30. The van der Waals surface area contributed by atoms with Crippen molar-refractivity contribution in [1.29, 1.82) is 0 Å². The maximum absolute atomic E-state index is 12.6. The Kier molecular flexibility index (Phi) is 4.79. The van der Waals surface area contributed by atoms with Crippen LogP contribution >= 0.6 is 0 Å². The third-order valence-corrected chi connectivity index (χ3v) is 4.37. The van der Waals surface area contributed by atoms with E-state index in [4.69, 9.17) is 4.74 Å². The summed E-state index contributed by atoms with van der Waals surface area (Å²) in [6.45, 7) is 3.56. The van der Waals surface area contributed by atoms with E-state index in [9.17, 15) is 19.7 Å². The van der Waals surface area contributed by atoms with Gasteiger partial charge in [0.2, 0.25) is 0 Å². The maximum atomic E-state index is 12.6. The Hall–Kier alpha value is -3.09. The second kappa shape index (κ2) is 7.03. The van der Waals surface area contributed by atoms with Gasteiger partial charge in [0.25, 0.3) is 5.69 Å². The van der Waals surface area contributed by atoms with Gasteiger partial charge in [0.05, 0.1) is 28.5 Å². The number of aryl methyl sites for hydroxylation is 2. The molecule has 1 heterocycles. The Morgan fingerprint density at radius 3 is 2.77 bits per heavy atom. The van der Waals surface area contributed by atoms with E-state index >= 15 is 0 Å². The molecule has 0 amide bonds. The van der Waals surface area contributed by atoms with E-state index in [1.165, 1.54) is 18.2 Å². The summed E-state index contributed by atoms with van der Waals surface area (Å²) in [4.78, 5) is 40.3. The monoisotopic (exact) mass is 354 g/mol. The van der Waals surface area contributed by atoms with Gasteiger partial charge in [-0.25, -0.2) is 4.79 Å². The molecule has 0 unspecified atom stereocenters. The SMILES string of the molecule is CCOC(=O)c1c(C)nc2c(c1-c1cccc([N+](=O)[O-])c1)C(=O)CCC2. The number of Topliss-reactive ketones (excluding diaryl/α,β-unsaturated/α-hetero) is 1. The predicted molar refractivity (Wildman–Crippen MR) is 94.3 cm³/mol. The van der Waals surface area contributed by atoms with E-state index < -0.39 is 10.9 Å². The Morgan fingerprint density at radius 1 is 1.31 bits per heavy atom. The van der Waals surface area contributed by atoms with Gasteiger partial charge in [-0.15, -0.1) is 0 Å². The number of non-ortho nitro benzene ring substituents is 1. The van der Waals surface area contributed by atoms with Crippen molar-refractivity contribution in [3.8, 4) is 11.1 Å². The zero-order chi connectivity index (χ0) is 18.8. The predicted octanol–water partition coefficient (Wildman–Crippen LogP) is 3.66. The number of pyridine rings is 1. The largest absolute Gasteiger partial charge is 0.462 e. The third-order valence-electron chi connectivity index (χ3n) is 4.37. The van der Waals surface area contributed by atoms with Crippen LogP contribution in [0.4, 0.5) is 5.69 Å². The van der Waals surface area contributed by atoms with Crippen molar-refractivity contribution in [1.82, 2.24) is 4.98 Å². The molecule has 7 nitrogen and oxygen atoms in total. The lowest BCUT2D eigenvalue weighted by atomic mass is 9.85. The lowest BCUT2D eigenvalue weighted by Crippen LogP contribution is -2.20. The van der Waals surface area contributed by atoms with Crippen molar-refractivity contribution in [2.45, 2.75) is 33.1 Å². The summed E-state index contributed by atoms with van der Waals surface area (Å²) >= 11 is 0. The third kappa shape index (κ3) is 3.08. The first kappa shape index (κ1) is 17.7. The van der Waals surface area contributed by atoms with Gasteiger partial charge in [0.15, 0.2) is 5.78 Å². The van der Waals surface area contributed by atoms with E-state index in [2.05, 4.69) is 4.98 Å². The molecular formula is C19H18N2O5. The highest BCUT2D eigenvalue weighted by Gasteiger charge is 2.30. The van der Waals surface area contributed by atoms with Crippen molar-refractivity contribution >= 4 is 17.4 Å². The summed E-state index contributed by atoms with van der Waals surface area (Å²) in [5.74, 6) is -0.689. The Morgan fingerprint density at radius 2 is 2.08 bits per heavy atom. The number of ether oxygens (including phenoxy) is 1. The molecule has 0 atom stereocenters. The second-order valence-electron chi connectivity index (χ2n) is 6.07. The Balaban J connectivity index is 2.35. The molecule has 1 aromatic heterocycles. The van der Waals surface area contributed by atoms with Crippen LogP contribution in [0.5, 0.6) is 0 Å². The van der Waals surface area contributed by atoms with Crippen LogP contribution in [-0.2, 0) is 11.2 Å². The van der Waals surface area contributed by atoms with Crippen LogP contribution in [0.2, 0.25) is 0 Å². The van der Waals surface area contributed by atoms with Crippen molar-refractivity contribution in [3.05, 3.63) is 56.9 Å². The van der Waals surface area contributed by atoms with Crippen molar-refractivity contribution in [2.75, 3.05) is 6.61 Å². The average molecular weight is 354 g/mol. The zero-order valence-corrected chi connectivity index (χ0v) is 14.6. The molecule has 0 N–H and O–H groups in total. The standard InChI is InChI=1S/C19H18N2O5/c1-3-26-19(23)16-11(2)20-14-8-5-9-15(22)18(14)17(16)12-6-4-7-13(10-12)21(24)25/h4,6-7,10H,3,5,8-9H2,1-2H3. The molecule has 0 aliphatic heterocycles. The molecule has 7 heteroatoms. The Labute approximate surface area is 150 Å². The minimum atomic E-state index is -0.583. The minimum Gasteiger partial charge on any atom is -0.462 e. The van der Waals surface area contributed by atoms with Crippen LogP contribution < -0.4 is 0 Å². The van der Waals surface area contributed by atoms with E-state index in [1.54, 1.807) is 19.9 Å². The number of nitro groups is 1. The number of nitro benzene ring substituents is 1. The molecule has 26 heavy (non-hydrogen) atoms. The van der Waals surface area contributed by atoms with E-state index in [-0.39, 0.29) is 23.6 Å². The van der Waals surface area contributed by atoms with Gasteiger partial charge >= 0.3 is 5.97 Å². The Bertz CT molecular complexity index is 920. The number of fused-ring (bicyclic) bond motifs is 1. The summed E-state index contributed by atoms with van der Waals surface area (Å²) in [7, 11) is 0. The normalized spacial score (nSPS) is 13.2. The number of aromatic nitrogens is 1. The number of hydrogen-bond acceptors (Lipinski definition) is 6. The highest BCUT2D eigenvalue weighted by Crippen LogP contribution is 2.36. The highest BCUT2D eigenvalue weighted by atomic mass is 16.6. The van der Waals surface area contributed by atoms with Gasteiger partial charge < -0.3 is 4.74 Å². The second-order valence-corrected chi connectivity index (χ2v) is 6.07. The first-order valence-corrected chi connectivity index (χ1v) is 8.42. The molecule has 0 fully saturated rings. The van der Waals surface area contributed by atoms with Crippen LogP contribution in [0.15, 0.2) is 24.3 Å². The summed E-state index contributed by atoms with van der Waals surface area (Å²) in [5.41, 5.74) is 2.39. The fourth-order valence-electron chi connectivity index (χ4n) is 3.30. The molecule has 1 aliphatic carbocycles. The first-order chi connectivity index (χ1) is 12.4. The molecular weight excluding hydrogens is 336 g/mol. The number of rotatable bonds is 4. The quantitative estimate of drug-likeness (QED) is 0.472. The number of benzene rings is 1. The molecule has 0 radical (unpaired) electrons. The van der Waals surface area contributed by atoms with Gasteiger partial charge in [-0.1, -0.05) is 12.1 Å². The van der Waals surface area contributed by atoms with Gasteiger partial charge in [0, 0.05) is 29.7 Å². The van der Waals surface area contributed by atoms with Gasteiger partial charge in [-0.3, -0.25) is 19.9 Å². The number of esters is 1. The topological polar surface area (TPSA) is 99.4 Å². The fraction of sp³-hybridized carbons (Fsp3) is 0.316. The van der Waals surface area contributed by atoms with Gasteiger partial charge in [-0.05, 0) is 32.3 Å². The molecule has 1 aliphatic rings. The maximum Gasteiger partial charge on any atom is 0.340 e. The summed E-state index contributed by atoms with van der Waals surface area (Å²) in [6, 6.07) is 5.94.